The number of thiophene rings is 1. The molecule has 0 spiro atoms. The number of rotatable bonds is 6. The molecule has 0 aromatic carbocycles. The van der Waals surface area contributed by atoms with Gasteiger partial charge < -0.3 is 10.1 Å². The molecule has 2 heterocycles. The van der Waals surface area contributed by atoms with Gasteiger partial charge in [0.15, 0.2) is 5.69 Å². The Balaban J connectivity index is 1.84. The molecule has 0 saturated heterocycles. The first-order chi connectivity index (χ1) is 14.1. The van der Waals surface area contributed by atoms with Crippen molar-refractivity contribution >= 4 is 39.8 Å². The second-order valence-electron chi connectivity index (χ2n) is 7.00. The number of alkyl halides is 3. The smallest absolute Gasteiger partial charge is 0.436 e. The van der Waals surface area contributed by atoms with Gasteiger partial charge in [-0.15, -0.1) is 11.3 Å². The van der Waals surface area contributed by atoms with Gasteiger partial charge in [0.25, 0.3) is 0 Å². The number of carbonyl (C=O) groups excluding carboxylic acids is 2. The van der Waals surface area contributed by atoms with Crippen LogP contribution in [-0.2, 0) is 35.1 Å². The van der Waals surface area contributed by atoms with Gasteiger partial charge >= 0.3 is 12.1 Å². The second kappa shape index (κ2) is 8.97. The highest BCUT2D eigenvalue weighted by molar-refractivity contribution is 7.17. The predicted molar refractivity (Wildman–Crippen MR) is 107 cm³/mol. The molecule has 3 rings (SSSR count). The molecule has 11 heteroatoms. The van der Waals surface area contributed by atoms with Crippen LogP contribution in [0.4, 0.5) is 18.2 Å². The van der Waals surface area contributed by atoms with Crippen molar-refractivity contribution in [3.63, 3.8) is 0 Å². The Morgan fingerprint density at radius 1 is 1.30 bits per heavy atom. The van der Waals surface area contributed by atoms with Crippen molar-refractivity contribution in [3.05, 3.63) is 32.4 Å². The molecule has 30 heavy (non-hydrogen) atoms. The Hall–Kier alpha value is -2.07. The molecule has 2 aromatic rings. The maximum atomic E-state index is 13.0. The minimum atomic E-state index is -4.72. The van der Waals surface area contributed by atoms with Crippen LogP contribution in [0.1, 0.15) is 58.4 Å². The molecule has 2 aromatic heterocycles. The standard InChI is InChI=1S/C19H21ClF3N3O3S/c1-3-8-29-18(28)14-11-6-4-5-7-12(11)30-17(14)24-13(27)9-26-10(2)15(20)16(25-26)19(21,22)23/h3-9H2,1-2H3,(H,24,27). The SMILES string of the molecule is CCCOC(=O)c1c(NC(=O)Cn2nc(C(F)(F)F)c(Cl)c2C)sc2c1CCCC2. The van der Waals surface area contributed by atoms with E-state index in [1.807, 2.05) is 6.92 Å². The van der Waals surface area contributed by atoms with Crippen molar-refractivity contribution in [1.82, 2.24) is 9.78 Å². The fourth-order valence-electron chi connectivity index (χ4n) is 3.30. The van der Waals surface area contributed by atoms with Crippen LogP contribution in [0.15, 0.2) is 0 Å². The summed E-state index contributed by atoms with van der Waals surface area (Å²) in [6, 6.07) is 0. The molecule has 0 radical (unpaired) electrons. The van der Waals surface area contributed by atoms with E-state index in [9.17, 15) is 22.8 Å². The van der Waals surface area contributed by atoms with Crippen molar-refractivity contribution in [1.29, 1.82) is 0 Å². The van der Waals surface area contributed by atoms with E-state index >= 15 is 0 Å². The number of fused-ring (bicyclic) bond motifs is 1. The van der Waals surface area contributed by atoms with Gasteiger partial charge in [0, 0.05) is 4.88 Å². The Labute approximate surface area is 180 Å². The summed E-state index contributed by atoms with van der Waals surface area (Å²) in [5.41, 5.74) is 0.0418. The van der Waals surface area contributed by atoms with Crippen molar-refractivity contribution in [2.45, 2.75) is 58.7 Å². The zero-order valence-corrected chi connectivity index (χ0v) is 18.1. The summed E-state index contributed by atoms with van der Waals surface area (Å²) in [4.78, 5) is 26.2. The van der Waals surface area contributed by atoms with Crippen LogP contribution in [0.3, 0.4) is 0 Å². The molecule has 0 bridgehead atoms. The minimum Gasteiger partial charge on any atom is -0.462 e. The molecule has 1 aliphatic rings. The maximum absolute atomic E-state index is 13.0. The summed E-state index contributed by atoms with van der Waals surface area (Å²) in [5, 5.41) is 5.92. The van der Waals surface area contributed by atoms with E-state index in [1.165, 1.54) is 18.3 Å². The number of esters is 1. The highest BCUT2D eigenvalue weighted by Crippen LogP contribution is 2.39. The van der Waals surface area contributed by atoms with Crippen LogP contribution in [0.5, 0.6) is 0 Å². The average Bonchev–Trinajstić information content (AvgIpc) is 3.17. The Morgan fingerprint density at radius 2 is 2.00 bits per heavy atom. The van der Waals surface area contributed by atoms with E-state index in [1.54, 1.807) is 0 Å². The summed E-state index contributed by atoms with van der Waals surface area (Å²) in [7, 11) is 0. The zero-order valence-electron chi connectivity index (χ0n) is 16.5. The number of anilines is 1. The minimum absolute atomic E-state index is 0.0344. The Kier molecular flexibility index (Phi) is 6.76. The summed E-state index contributed by atoms with van der Waals surface area (Å²) < 4.78 is 45.2. The monoisotopic (exact) mass is 463 g/mol. The third-order valence-corrected chi connectivity index (χ3v) is 6.42. The molecule has 1 aliphatic carbocycles. The van der Waals surface area contributed by atoms with Gasteiger partial charge in [-0.1, -0.05) is 18.5 Å². The predicted octanol–water partition coefficient (Wildman–Crippen LogP) is 5.01. The topological polar surface area (TPSA) is 73.2 Å². The number of aryl methyl sites for hydroxylation is 1. The van der Waals surface area contributed by atoms with Crippen LogP contribution < -0.4 is 5.32 Å². The lowest BCUT2D eigenvalue weighted by Crippen LogP contribution is -2.22. The van der Waals surface area contributed by atoms with Crippen molar-refractivity contribution < 1.29 is 27.5 Å². The van der Waals surface area contributed by atoms with Gasteiger partial charge in [0.05, 0.1) is 22.9 Å². The number of ether oxygens (including phenoxy) is 1. The lowest BCUT2D eigenvalue weighted by atomic mass is 9.95. The van der Waals surface area contributed by atoms with E-state index < -0.39 is 35.3 Å². The van der Waals surface area contributed by atoms with Gasteiger partial charge in [-0.25, -0.2) is 4.79 Å². The molecule has 0 fully saturated rings. The van der Waals surface area contributed by atoms with Gasteiger partial charge in [0.1, 0.15) is 11.5 Å². The quantitative estimate of drug-likeness (QED) is 0.611. The number of halogens is 4. The first kappa shape index (κ1) is 22.6. The number of nitrogens with zero attached hydrogens (tertiary/aromatic N) is 2. The molecule has 6 nitrogen and oxygen atoms in total. The van der Waals surface area contributed by atoms with Gasteiger partial charge in [-0.05, 0) is 44.6 Å². The molecule has 0 saturated carbocycles. The van der Waals surface area contributed by atoms with E-state index in [-0.39, 0.29) is 12.3 Å². The lowest BCUT2D eigenvalue weighted by molar-refractivity contribution is -0.141. The fourth-order valence-corrected chi connectivity index (χ4v) is 4.83. The van der Waals surface area contributed by atoms with Gasteiger partial charge in [-0.3, -0.25) is 9.48 Å². The van der Waals surface area contributed by atoms with Crippen LogP contribution >= 0.6 is 22.9 Å². The van der Waals surface area contributed by atoms with Crippen LogP contribution in [0.2, 0.25) is 5.02 Å². The number of hydrogen-bond acceptors (Lipinski definition) is 5. The van der Waals surface area contributed by atoms with E-state index in [2.05, 4.69) is 10.4 Å². The number of nitrogens with one attached hydrogen (secondary N) is 1. The number of aromatic nitrogens is 2. The van der Waals surface area contributed by atoms with E-state index in [0.29, 0.717) is 17.0 Å². The third kappa shape index (κ3) is 4.64. The largest absolute Gasteiger partial charge is 0.462 e. The molecule has 164 valence electrons. The zero-order chi connectivity index (χ0) is 22.1. The Morgan fingerprint density at radius 3 is 2.63 bits per heavy atom. The Bertz CT molecular complexity index is 969. The molecular formula is C19H21ClF3N3O3S. The molecule has 0 atom stereocenters. The van der Waals surface area contributed by atoms with E-state index in [0.717, 1.165) is 40.8 Å². The number of hydrogen-bond donors (Lipinski definition) is 1. The van der Waals surface area contributed by atoms with Gasteiger partial charge in [-0.2, -0.15) is 18.3 Å². The maximum Gasteiger partial charge on any atom is 0.436 e. The van der Waals surface area contributed by atoms with Crippen molar-refractivity contribution in [2.75, 3.05) is 11.9 Å². The first-order valence-corrected chi connectivity index (χ1v) is 10.7. The summed E-state index contributed by atoms with van der Waals surface area (Å²) in [6.07, 6.45) is -0.576. The summed E-state index contributed by atoms with van der Waals surface area (Å²) in [5.74, 6) is -1.10. The summed E-state index contributed by atoms with van der Waals surface area (Å²) >= 11 is 7.04. The third-order valence-electron chi connectivity index (χ3n) is 4.76. The molecule has 1 N–H and O–H groups in total. The first-order valence-electron chi connectivity index (χ1n) is 9.55. The molecular weight excluding hydrogens is 443 g/mol. The molecule has 0 aliphatic heterocycles. The van der Waals surface area contributed by atoms with Crippen LogP contribution in [0.25, 0.3) is 0 Å². The van der Waals surface area contributed by atoms with Crippen LogP contribution in [0, 0.1) is 6.92 Å². The fraction of sp³-hybridized carbons (Fsp3) is 0.526. The highest BCUT2D eigenvalue weighted by Gasteiger charge is 2.38. The van der Waals surface area contributed by atoms with Crippen LogP contribution in [-0.4, -0.2) is 28.3 Å². The normalized spacial score (nSPS) is 13.8. The molecule has 0 unspecified atom stereocenters. The molecule has 1 amide bonds. The van der Waals surface area contributed by atoms with Gasteiger partial charge in [0.2, 0.25) is 5.91 Å². The van der Waals surface area contributed by atoms with E-state index in [4.69, 9.17) is 16.3 Å². The number of amides is 1. The highest BCUT2D eigenvalue weighted by atomic mass is 35.5. The van der Waals surface area contributed by atoms with Crippen molar-refractivity contribution in [2.24, 2.45) is 0 Å². The lowest BCUT2D eigenvalue weighted by Gasteiger charge is -2.12. The van der Waals surface area contributed by atoms with Crippen molar-refractivity contribution in [3.8, 4) is 0 Å². The number of carbonyl (C=O) groups is 2. The summed E-state index contributed by atoms with van der Waals surface area (Å²) in [6.45, 7) is 3.04. The average molecular weight is 464 g/mol. The second-order valence-corrected chi connectivity index (χ2v) is 8.49.